The monoisotopic (exact) mass is 554 g/mol. The highest BCUT2D eigenvalue weighted by molar-refractivity contribution is 9.10. The summed E-state index contributed by atoms with van der Waals surface area (Å²) in [6.07, 6.45) is 4.56. The summed E-state index contributed by atoms with van der Waals surface area (Å²) in [6, 6.07) is 22.8. The Hall–Kier alpha value is -2.42. The topological polar surface area (TPSA) is 0 Å². The molecule has 4 aromatic rings. The molecule has 0 saturated carbocycles. The van der Waals surface area contributed by atoms with E-state index in [-0.39, 0.29) is 5.41 Å². The van der Waals surface area contributed by atoms with Crippen LogP contribution in [-0.2, 0) is 5.41 Å². The van der Waals surface area contributed by atoms with E-state index in [9.17, 15) is 0 Å². The quantitative estimate of drug-likeness (QED) is 0.175. The lowest BCUT2D eigenvalue weighted by Crippen LogP contribution is -2.30. The highest BCUT2D eigenvalue weighted by Gasteiger charge is 2.49. The maximum atomic E-state index is 3.80. The summed E-state index contributed by atoms with van der Waals surface area (Å²) in [4.78, 5) is 0. The average molecular weight is 556 g/mol. The minimum absolute atomic E-state index is 0.386. The Balaban J connectivity index is 1.93. The van der Waals surface area contributed by atoms with Gasteiger partial charge in [-0.3, -0.25) is 0 Å². The number of rotatable bonds is 0. The molecule has 1 spiro atoms. The number of halogens is 2. The molecule has 0 heterocycles. The van der Waals surface area contributed by atoms with Gasteiger partial charge in [0.2, 0.25) is 0 Å². The molecule has 0 aliphatic heterocycles. The molecule has 2 aliphatic carbocycles. The van der Waals surface area contributed by atoms with Crippen LogP contribution in [0.25, 0.3) is 23.3 Å². The Kier molecular flexibility index (Phi) is 4.67. The van der Waals surface area contributed by atoms with E-state index < -0.39 is 0 Å². The second-order valence-electron chi connectivity index (χ2n) is 9.41. The third kappa shape index (κ3) is 2.74. The predicted octanol–water partition coefficient (Wildman–Crippen LogP) is 9.29. The molecule has 0 atom stereocenters. The third-order valence-electron chi connectivity index (χ3n) is 7.81. The summed E-state index contributed by atoms with van der Waals surface area (Å²) >= 11 is 7.60. The number of hydrogen-bond donors (Lipinski definition) is 0. The van der Waals surface area contributed by atoms with Crippen LogP contribution in [0.1, 0.15) is 55.6 Å². The molecule has 0 amide bonds. The molecule has 0 bridgehead atoms. The fraction of sp³-hybridized carbons (Fsp3) is 0.161. The van der Waals surface area contributed by atoms with Gasteiger partial charge in [0.1, 0.15) is 0 Å². The summed E-state index contributed by atoms with van der Waals surface area (Å²) in [5.74, 6) is 0. The van der Waals surface area contributed by atoms with Crippen molar-refractivity contribution in [1.29, 1.82) is 0 Å². The number of benzene rings is 4. The molecule has 33 heavy (non-hydrogen) atoms. The summed E-state index contributed by atoms with van der Waals surface area (Å²) in [7, 11) is 0. The molecule has 2 heteroatoms. The Morgan fingerprint density at radius 2 is 0.939 bits per heavy atom. The van der Waals surface area contributed by atoms with Crippen molar-refractivity contribution in [2.75, 3.05) is 0 Å². The molecule has 162 valence electrons. The summed E-state index contributed by atoms with van der Waals surface area (Å²) in [5, 5.41) is 0. The van der Waals surface area contributed by atoms with Crippen LogP contribution in [0.4, 0.5) is 0 Å². The maximum absolute atomic E-state index is 3.80. The van der Waals surface area contributed by atoms with Gasteiger partial charge >= 0.3 is 0 Å². The summed E-state index contributed by atoms with van der Waals surface area (Å²) in [6.45, 7) is 9.04. The number of hydrogen-bond acceptors (Lipinski definition) is 0. The SMILES string of the molecule is Cc1ccc2c(c1C)-c1c(ccc(C)c1C)C21c2cc(Br)ccc2C=Cc2ccc(Br)cc21. The van der Waals surface area contributed by atoms with Crippen molar-refractivity contribution in [3.05, 3.63) is 125 Å². The van der Waals surface area contributed by atoms with Crippen molar-refractivity contribution in [3.63, 3.8) is 0 Å². The van der Waals surface area contributed by atoms with Gasteiger partial charge in [-0.05, 0) is 119 Å². The van der Waals surface area contributed by atoms with E-state index in [1.54, 1.807) is 0 Å². The van der Waals surface area contributed by atoms with Crippen molar-refractivity contribution in [2.24, 2.45) is 0 Å². The standard InChI is InChI=1S/C31H24Br2/c1-17-5-13-25-29(19(17)3)30-20(4)18(2)6-14-26(30)31(25)27-15-23(32)11-9-21(27)7-8-22-10-12-24(33)16-28(22)31/h5-16H,1-4H3. The first-order chi connectivity index (χ1) is 15.8. The summed E-state index contributed by atoms with van der Waals surface area (Å²) < 4.78 is 2.21. The Morgan fingerprint density at radius 3 is 1.36 bits per heavy atom. The minimum atomic E-state index is -0.386. The molecular weight excluding hydrogens is 532 g/mol. The molecule has 0 radical (unpaired) electrons. The van der Waals surface area contributed by atoms with Crippen molar-refractivity contribution < 1.29 is 0 Å². The predicted molar refractivity (Wildman–Crippen MR) is 147 cm³/mol. The second kappa shape index (κ2) is 7.29. The van der Waals surface area contributed by atoms with Gasteiger partial charge in [0.25, 0.3) is 0 Å². The first-order valence-electron chi connectivity index (χ1n) is 11.3. The first-order valence-corrected chi connectivity index (χ1v) is 12.9. The molecule has 0 saturated heterocycles. The van der Waals surface area contributed by atoms with Crippen LogP contribution in [0.3, 0.4) is 0 Å². The largest absolute Gasteiger partial charge is 0.0726 e. The zero-order chi connectivity index (χ0) is 23.1. The number of fused-ring (bicyclic) bond motifs is 9. The van der Waals surface area contributed by atoms with E-state index in [2.05, 4.69) is 132 Å². The van der Waals surface area contributed by atoms with Gasteiger partial charge in [-0.2, -0.15) is 0 Å². The van der Waals surface area contributed by atoms with Gasteiger partial charge < -0.3 is 0 Å². The van der Waals surface area contributed by atoms with E-state index >= 15 is 0 Å². The Bertz CT molecular complexity index is 1410. The minimum Gasteiger partial charge on any atom is -0.0587 e. The van der Waals surface area contributed by atoms with E-state index in [0.717, 1.165) is 8.95 Å². The molecule has 0 fully saturated rings. The van der Waals surface area contributed by atoms with Crippen molar-refractivity contribution in [3.8, 4) is 11.1 Å². The van der Waals surface area contributed by atoms with E-state index in [1.807, 2.05) is 0 Å². The average Bonchev–Trinajstić information content (AvgIpc) is 3.02. The molecule has 6 rings (SSSR count). The molecule has 0 N–H and O–H groups in total. The lowest BCUT2D eigenvalue weighted by Gasteiger charge is -2.36. The van der Waals surface area contributed by atoms with E-state index in [1.165, 1.54) is 66.8 Å². The molecular formula is C31H24Br2. The fourth-order valence-corrected chi connectivity index (χ4v) is 6.67. The van der Waals surface area contributed by atoms with Crippen LogP contribution >= 0.6 is 31.9 Å². The van der Waals surface area contributed by atoms with Crippen LogP contribution in [0.5, 0.6) is 0 Å². The number of aryl methyl sites for hydroxylation is 2. The lowest BCUT2D eigenvalue weighted by atomic mass is 9.65. The molecule has 0 nitrogen and oxygen atoms in total. The molecule has 0 aromatic heterocycles. The molecule has 4 aromatic carbocycles. The smallest absolute Gasteiger partial charge is 0.0587 e. The van der Waals surface area contributed by atoms with E-state index in [0.29, 0.717) is 0 Å². The van der Waals surface area contributed by atoms with Gasteiger partial charge in [0.15, 0.2) is 0 Å². The van der Waals surface area contributed by atoms with Crippen LogP contribution in [0.2, 0.25) is 0 Å². The van der Waals surface area contributed by atoms with Crippen molar-refractivity contribution in [2.45, 2.75) is 33.1 Å². The Labute approximate surface area is 212 Å². The van der Waals surface area contributed by atoms with E-state index in [4.69, 9.17) is 0 Å². The van der Waals surface area contributed by atoms with Crippen molar-refractivity contribution >= 4 is 44.0 Å². The normalized spacial score (nSPS) is 14.5. The van der Waals surface area contributed by atoms with Gasteiger partial charge in [-0.15, -0.1) is 0 Å². The van der Waals surface area contributed by atoms with Crippen LogP contribution < -0.4 is 0 Å². The summed E-state index contributed by atoms with van der Waals surface area (Å²) in [5.41, 5.74) is 15.8. The highest BCUT2D eigenvalue weighted by atomic mass is 79.9. The fourth-order valence-electron chi connectivity index (χ4n) is 5.95. The van der Waals surface area contributed by atoms with Crippen molar-refractivity contribution in [1.82, 2.24) is 0 Å². The highest BCUT2D eigenvalue weighted by Crippen LogP contribution is 2.60. The Morgan fingerprint density at radius 1 is 0.515 bits per heavy atom. The van der Waals surface area contributed by atoms with Crippen LogP contribution in [0.15, 0.2) is 69.6 Å². The van der Waals surface area contributed by atoms with Gasteiger partial charge in [0, 0.05) is 8.95 Å². The lowest BCUT2D eigenvalue weighted by molar-refractivity contribution is 0.763. The third-order valence-corrected chi connectivity index (χ3v) is 8.80. The zero-order valence-corrected chi connectivity index (χ0v) is 22.4. The first kappa shape index (κ1) is 21.1. The van der Waals surface area contributed by atoms with Gasteiger partial charge in [-0.25, -0.2) is 0 Å². The van der Waals surface area contributed by atoms with Gasteiger partial charge in [-0.1, -0.05) is 80.4 Å². The maximum Gasteiger partial charge on any atom is 0.0726 e. The van der Waals surface area contributed by atoms with Crippen LogP contribution in [-0.4, -0.2) is 0 Å². The van der Waals surface area contributed by atoms with Gasteiger partial charge in [0.05, 0.1) is 5.41 Å². The molecule has 2 aliphatic rings. The van der Waals surface area contributed by atoms with Crippen LogP contribution in [0, 0.1) is 27.7 Å². The molecule has 0 unspecified atom stereocenters. The zero-order valence-electron chi connectivity index (χ0n) is 19.2. The second-order valence-corrected chi connectivity index (χ2v) is 11.2.